The molecule has 2 atom stereocenters. The van der Waals surface area contributed by atoms with Crippen LogP contribution in [0, 0.1) is 5.41 Å². The minimum Gasteiger partial charge on any atom is -0.469 e. The fourth-order valence-corrected chi connectivity index (χ4v) is 2.63. The zero-order valence-corrected chi connectivity index (χ0v) is 15.5. The standard InChI is InChI=1S/C15H23N3O6S/c1-5-23-11(20)15(7-6-10(19)22-4)8-14(3,24-12(15)21)9(2)17-18-13(16)25/h5-8H2,1-4H3,(H3,16,18,25)/b17-9-/t14-,15+/m1/s1. The van der Waals surface area contributed by atoms with Gasteiger partial charge < -0.3 is 19.9 Å². The van der Waals surface area contributed by atoms with E-state index >= 15 is 0 Å². The molecule has 1 saturated heterocycles. The number of hydrogen-bond donors (Lipinski definition) is 2. The number of thiocarbonyl (C=S) groups is 1. The van der Waals surface area contributed by atoms with Crippen molar-refractivity contribution in [1.82, 2.24) is 5.43 Å². The van der Waals surface area contributed by atoms with Crippen LogP contribution in [0.4, 0.5) is 0 Å². The van der Waals surface area contributed by atoms with E-state index in [4.69, 9.17) is 15.2 Å². The lowest BCUT2D eigenvalue weighted by Gasteiger charge is -2.25. The zero-order valence-electron chi connectivity index (χ0n) is 14.7. The molecule has 0 spiro atoms. The number of cyclic esters (lactones) is 1. The Morgan fingerprint density at radius 2 is 2.12 bits per heavy atom. The maximum Gasteiger partial charge on any atom is 0.324 e. The number of carbonyl (C=O) groups excluding carboxylic acids is 3. The van der Waals surface area contributed by atoms with Crippen molar-refractivity contribution in [2.75, 3.05) is 13.7 Å². The van der Waals surface area contributed by atoms with Gasteiger partial charge in [0.15, 0.2) is 16.1 Å². The van der Waals surface area contributed by atoms with Gasteiger partial charge in [-0.15, -0.1) is 0 Å². The molecule has 0 unspecified atom stereocenters. The van der Waals surface area contributed by atoms with Crippen LogP contribution in [0.3, 0.4) is 0 Å². The van der Waals surface area contributed by atoms with Crippen LogP contribution in [0.25, 0.3) is 0 Å². The molecule has 0 amide bonds. The normalized spacial score (nSPS) is 25.9. The van der Waals surface area contributed by atoms with Gasteiger partial charge in [-0.05, 0) is 39.4 Å². The van der Waals surface area contributed by atoms with E-state index in [1.807, 2.05) is 0 Å². The largest absolute Gasteiger partial charge is 0.469 e. The number of ether oxygens (including phenoxy) is 3. The highest BCUT2D eigenvalue weighted by Crippen LogP contribution is 2.45. The molecule has 9 nitrogen and oxygen atoms in total. The van der Waals surface area contributed by atoms with Crippen LogP contribution < -0.4 is 11.2 Å². The minimum atomic E-state index is -1.60. The van der Waals surface area contributed by atoms with Gasteiger partial charge >= 0.3 is 17.9 Å². The number of hydrogen-bond acceptors (Lipinski definition) is 8. The van der Waals surface area contributed by atoms with E-state index in [1.165, 1.54) is 7.11 Å². The van der Waals surface area contributed by atoms with E-state index in [0.29, 0.717) is 5.71 Å². The summed E-state index contributed by atoms with van der Waals surface area (Å²) in [6.45, 7) is 4.95. The molecule has 25 heavy (non-hydrogen) atoms. The number of nitrogens with one attached hydrogen (secondary N) is 1. The Balaban J connectivity index is 3.14. The van der Waals surface area contributed by atoms with Gasteiger partial charge in [0.2, 0.25) is 0 Å². The summed E-state index contributed by atoms with van der Waals surface area (Å²) in [5.74, 6) is -2.03. The van der Waals surface area contributed by atoms with Crippen LogP contribution in [0.5, 0.6) is 0 Å². The van der Waals surface area contributed by atoms with Crippen LogP contribution in [-0.4, -0.2) is 48.0 Å². The van der Waals surface area contributed by atoms with E-state index in [9.17, 15) is 14.4 Å². The van der Waals surface area contributed by atoms with Gasteiger partial charge in [-0.25, -0.2) is 0 Å². The first-order valence-corrected chi connectivity index (χ1v) is 8.10. The molecule has 1 rings (SSSR count). The maximum absolute atomic E-state index is 12.6. The van der Waals surface area contributed by atoms with E-state index in [0.717, 1.165) is 0 Å². The quantitative estimate of drug-likeness (QED) is 0.163. The number of esters is 3. The highest BCUT2D eigenvalue weighted by molar-refractivity contribution is 7.80. The maximum atomic E-state index is 12.6. The molecule has 140 valence electrons. The van der Waals surface area contributed by atoms with Gasteiger partial charge in [-0.1, -0.05) is 0 Å². The number of rotatable bonds is 7. The third-order valence-electron chi connectivity index (χ3n) is 4.10. The molecule has 0 bridgehead atoms. The van der Waals surface area contributed by atoms with Crippen molar-refractivity contribution >= 4 is 40.9 Å². The van der Waals surface area contributed by atoms with Gasteiger partial charge in [0.25, 0.3) is 0 Å². The molecule has 1 aliphatic heterocycles. The lowest BCUT2D eigenvalue weighted by Crippen LogP contribution is -2.40. The summed E-state index contributed by atoms with van der Waals surface area (Å²) in [5.41, 5.74) is 5.35. The first-order chi connectivity index (χ1) is 11.6. The van der Waals surface area contributed by atoms with Crippen molar-refractivity contribution in [1.29, 1.82) is 0 Å². The highest BCUT2D eigenvalue weighted by Gasteiger charge is 2.61. The second-order valence-corrected chi connectivity index (χ2v) is 6.29. The van der Waals surface area contributed by atoms with Gasteiger partial charge in [0.05, 0.1) is 19.4 Å². The molecule has 0 radical (unpaired) electrons. The molecule has 0 aliphatic carbocycles. The molecule has 0 aromatic heterocycles. The second-order valence-electron chi connectivity index (χ2n) is 5.85. The summed E-state index contributed by atoms with van der Waals surface area (Å²) in [6.07, 6.45) is -0.228. The van der Waals surface area contributed by atoms with Gasteiger partial charge in [-0.3, -0.25) is 19.8 Å². The molecule has 1 aliphatic rings. The SMILES string of the molecule is CCOC(=O)[C@]1(CCC(=O)OC)C[C@](C)(/C(C)=N\NC(N)=S)OC1=O. The molecular formula is C15H23N3O6S. The Hall–Kier alpha value is -2.23. The van der Waals surface area contributed by atoms with Crippen molar-refractivity contribution < 1.29 is 28.6 Å². The third-order valence-corrected chi connectivity index (χ3v) is 4.19. The monoisotopic (exact) mass is 373 g/mol. The fraction of sp³-hybridized carbons (Fsp3) is 0.667. The van der Waals surface area contributed by atoms with Gasteiger partial charge in [-0.2, -0.15) is 5.10 Å². The first-order valence-electron chi connectivity index (χ1n) is 7.69. The van der Waals surface area contributed by atoms with Crippen LogP contribution >= 0.6 is 12.2 Å². The number of carbonyl (C=O) groups is 3. The van der Waals surface area contributed by atoms with Gasteiger partial charge in [0.1, 0.15) is 0 Å². The summed E-state index contributed by atoms with van der Waals surface area (Å²) >= 11 is 4.68. The Kier molecular flexibility index (Phi) is 6.86. The van der Waals surface area contributed by atoms with Crippen LogP contribution in [0.2, 0.25) is 0 Å². The molecule has 0 saturated carbocycles. The number of nitrogens with zero attached hydrogens (tertiary/aromatic N) is 1. The number of methoxy groups -OCH3 is 1. The van der Waals surface area contributed by atoms with Crippen molar-refractivity contribution in [3.8, 4) is 0 Å². The van der Waals surface area contributed by atoms with Crippen LogP contribution in [-0.2, 0) is 28.6 Å². The Labute approximate surface area is 151 Å². The molecule has 10 heteroatoms. The molecule has 0 aromatic rings. The predicted molar refractivity (Wildman–Crippen MR) is 92.5 cm³/mol. The van der Waals surface area contributed by atoms with E-state index in [2.05, 4.69) is 27.5 Å². The number of hydrazone groups is 1. The Morgan fingerprint density at radius 1 is 1.48 bits per heavy atom. The average Bonchev–Trinajstić information content (AvgIpc) is 2.83. The average molecular weight is 373 g/mol. The third kappa shape index (κ3) is 4.65. The summed E-state index contributed by atoms with van der Waals surface area (Å²) in [7, 11) is 1.23. The van der Waals surface area contributed by atoms with E-state index in [1.54, 1.807) is 20.8 Å². The summed E-state index contributed by atoms with van der Waals surface area (Å²) in [6, 6.07) is 0. The Bertz CT molecular complexity index is 608. The minimum absolute atomic E-state index is 0.0248. The van der Waals surface area contributed by atoms with Crippen molar-refractivity contribution in [3.05, 3.63) is 0 Å². The highest BCUT2D eigenvalue weighted by atomic mass is 32.1. The Morgan fingerprint density at radius 3 is 2.64 bits per heavy atom. The van der Waals surface area contributed by atoms with Crippen molar-refractivity contribution in [2.45, 2.75) is 45.6 Å². The van der Waals surface area contributed by atoms with Crippen molar-refractivity contribution in [3.63, 3.8) is 0 Å². The topological polar surface area (TPSA) is 129 Å². The molecule has 1 fully saturated rings. The molecule has 0 aromatic carbocycles. The zero-order chi connectivity index (χ0) is 19.3. The van der Waals surface area contributed by atoms with Gasteiger partial charge in [0, 0.05) is 12.8 Å². The first kappa shape index (κ1) is 20.8. The summed E-state index contributed by atoms with van der Waals surface area (Å²) in [5, 5.41) is 3.93. The van der Waals surface area contributed by atoms with E-state index in [-0.39, 0.29) is 31.0 Å². The molecule has 1 heterocycles. The van der Waals surface area contributed by atoms with Crippen LogP contribution in [0.1, 0.15) is 40.0 Å². The van der Waals surface area contributed by atoms with Crippen molar-refractivity contribution in [2.24, 2.45) is 16.3 Å². The molecule has 3 N–H and O–H groups in total. The molecular weight excluding hydrogens is 350 g/mol. The lowest BCUT2D eigenvalue weighted by atomic mass is 9.76. The summed E-state index contributed by atoms with van der Waals surface area (Å²) in [4.78, 5) is 36.5. The number of nitrogens with two attached hydrogens (primary N) is 1. The summed E-state index contributed by atoms with van der Waals surface area (Å²) < 4.78 is 15.1. The van der Waals surface area contributed by atoms with E-state index < -0.39 is 28.9 Å². The smallest absolute Gasteiger partial charge is 0.324 e. The fourth-order valence-electron chi connectivity index (χ4n) is 2.58. The lowest BCUT2D eigenvalue weighted by molar-refractivity contribution is -0.166. The second kappa shape index (κ2) is 8.24. The van der Waals surface area contributed by atoms with Crippen LogP contribution in [0.15, 0.2) is 5.10 Å². The predicted octanol–water partition coefficient (Wildman–Crippen LogP) is 0.404.